The standard InChI is InChI=1S/C44H48N4O8.2CH2O2/c49-37-18-16-35(36-17-19-40(51)47-41(36)37)38(50)27-45-22-5-2-6-25-55-34-14-12-30(13-15-34)42(52)46-33-11-7-10-32(26-33)44(54,31-8-3-1-4-9-31)43(53)56-39-28-48-23-20-29(39)21-24-48;2*2-1-3/h1,3-4,7-19,26,29,38-39,45,49-50,54H,2,5-6,20-25,27-28H2,(H,46,52)(H,47,51);2*1H,(H,2,3)/t38-,39+,44?;;/m0../s1. The number of aliphatic hydroxyl groups is 2. The van der Waals surface area contributed by atoms with Crippen molar-refractivity contribution in [3.63, 3.8) is 0 Å². The molecule has 8 rings (SSSR count). The summed E-state index contributed by atoms with van der Waals surface area (Å²) in [6.07, 6.45) is 3.46. The molecule has 0 saturated carbocycles. The number of anilines is 1. The molecule has 0 aliphatic carbocycles. The molecule has 328 valence electrons. The summed E-state index contributed by atoms with van der Waals surface area (Å²) >= 11 is 0. The molecule has 16 heteroatoms. The minimum Gasteiger partial charge on any atom is -0.506 e. The number of rotatable bonds is 16. The van der Waals surface area contributed by atoms with Gasteiger partial charge in [-0.1, -0.05) is 48.5 Å². The lowest BCUT2D eigenvalue weighted by atomic mass is 9.84. The number of carbonyl (C=O) groups excluding carboxylic acids is 2. The zero-order valence-electron chi connectivity index (χ0n) is 34.0. The quantitative estimate of drug-likeness (QED) is 0.0383. The van der Waals surface area contributed by atoms with Gasteiger partial charge in [0, 0.05) is 41.4 Å². The van der Waals surface area contributed by atoms with Crippen LogP contribution in [0.2, 0.25) is 0 Å². The molecule has 3 saturated heterocycles. The van der Waals surface area contributed by atoms with Gasteiger partial charge in [0.15, 0.2) is 0 Å². The molecule has 1 aromatic heterocycles. The Morgan fingerprint density at radius 3 is 2.24 bits per heavy atom. The number of carbonyl (C=O) groups is 4. The Kier molecular flexibility index (Phi) is 17.1. The van der Waals surface area contributed by atoms with Crippen LogP contribution in [0.1, 0.15) is 65.3 Å². The maximum atomic E-state index is 13.9. The zero-order chi connectivity index (χ0) is 44.5. The molecule has 3 aliphatic rings. The number of ether oxygens (including phenoxy) is 2. The van der Waals surface area contributed by atoms with Gasteiger partial charge in [0.2, 0.25) is 11.2 Å². The number of phenols is 1. The van der Waals surface area contributed by atoms with Crippen LogP contribution < -0.4 is 20.9 Å². The molecule has 4 heterocycles. The summed E-state index contributed by atoms with van der Waals surface area (Å²) < 4.78 is 11.9. The summed E-state index contributed by atoms with van der Waals surface area (Å²) in [4.78, 5) is 60.4. The van der Waals surface area contributed by atoms with E-state index < -0.39 is 17.7 Å². The number of benzene rings is 4. The van der Waals surface area contributed by atoms with Gasteiger partial charge in [-0.15, -0.1) is 0 Å². The first-order chi connectivity index (χ1) is 30.0. The summed E-state index contributed by atoms with van der Waals surface area (Å²) in [5.74, 6) is -0.196. The number of carboxylic acid groups (broad SMARTS) is 2. The fourth-order valence-electron chi connectivity index (χ4n) is 7.69. The Morgan fingerprint density at radius 2 is 1.56 bits per heavy atom. The van der Waals surface area contributed by atoms with E-state index in [0.717, 1.165) is 45.2 Å². The van der Waals surface area contributed by atoms with Crippen molar-refractivity contribution in [1.82, 2.24) is 15.2 Å². The summed E-state index contributed by atoms with van der Waals surface area (Å²) in [6.45, 7) is 3.70. The number of H-pyrrole nitrogens is 1. The third-order valence-corrected chi connectivity index (χ3v) is 10.9. The number of piperidine rings is 3. The Hall–Kier alpha value is -6.59. The zero-order valence-corrected chi connectivity index (χ0v) is 34.0. The van der Waals surface area contributed by atoms with Crippen LogP contribution >= 0.6 is 0 Å². The number of aliphatic hydroxyl groups excluding tert-OH is 1. The van der Waals surface area contributed by atoms with E-state index in [1.807, 2.05) is 6.07 Å². The predicted molar refractivity (Wildman–Crippen MR) is 230 cm³/mol. The number of aromatic nitrogens is 1. The number of nitrogens with one attached hydrogen (secondary N) is 3. The lowest BCUT2D eigenvalue weighted by Crippen LogP contribution is -2.53. The number of unbranched alkanes of at least 4 members (excludes halogenated alkanes) is 2. The molecule has 1 amide bonds. The fourth-order valence-corrected chi connectivity index (χ4v) is 7.69. The van der Waals surface area contributed by atoms with Crippen molar-refractivity contribution in [1.29, 1.82) is 0 Å². The van der Waals surface area contributed by atoms with Gasteiger partial charge in [-0.05, 0) is 117 Å². The number of nitrogens with zero attached hydrogens (tertiary/aromatic N) is 1. The lowest BCUT2D eigenvalue weighted by Gasteiger charge is -2.44. The second-order valence-electron chi connectivity index (χ2n) is 14.8. The molecule has 0 spiro atoms. The number of pyridine rings is 1. The summed E-state index contributed by atoms with van der Waals surface area (Å²) in [6, 6.07) is 28.4. The van der Waals surface area contributed by atoms with Gasteiger partial charge < -0.3 is 50.6 Å². The van der Waals surface area contributed by atoms with Crippen LogP contribution in [-0.2, 0) is 24.7 Å². The van der Waals surface area contributed by atoms with E-state index in [0.29, 0.717) is 70.8 Å². The third kappa shape index (κ3) is 12.0. The number of phenolic OH excluding ortho intramolecular Hbond substituents is 1. The van der Waals surface area contributed by atoms with Crippen molar-refractivity contribution in [2.75, 3.05) is 44.6 Å². The molecule has 3 fully saturated rings. The monoisotopic (exact) mass is 852 g/mol. The Labute approximate surface area is 357 Å². The molecule has 3 atom stereocenters. The molecule has 4 aromatic carbocycles. The van der Waals surface area contributed by atoms with Gasteiger partial charge in [-0.3, -0.25) is 24.1 Å². The van der Waals surface area contributed by atoms with Crippen LogP contribution in [0.4, 0.5) is 5.69 Å². The van der Waals surface area contributed by atoms with Crippen LogP contribution in [0.5, 0.6) is 11.5 Å². The maximum absolute atomic E-state index is 13.9. The summed E-state index contributed by atoms with van der Waals surface area (Å²) in [5, 5.41) is 53.5. The Morgan fingerprint density at radius 1 is 0.871 bits per heavy atom. The largest absolute Gasteiger partial charge is 0.506 e. The van der Waals surface area contributed by atoms with Crippen LogP contribution in [0.15, 0.2) is 108 Å². The summed E-state index contributed by atoms with van der Waals surface area (Å²) in [5.41, 5.74) is 0.0708. The second kappa shape index (κ2) is 22.9. The number of amides is 1. The number of esters is 1. The molecule has 1 unspecified atom stereocenters. The number of hydrogen-bond acceptors (Lipinski definition) is 12. The SMILES string of the molecule is O=C(Nc1cccc(C(O)(C(=O)O[C@@H]2CN3CCC2CC3)c2ccccc2)c1)c1ccc(OCCCCCNC[C@H](O)c2ccc(O)c3[nH]c(=O)ccc23)cc1.O=CO.O=CO. The predicted octanol–water partition coefficient (Wildman–Crippen LogP) is 4.63. The van der Waals surface area contributed by atoms with Crippen molar-refractivity contribution in [3.05, 3.63) is 136 Å². The van der Waals surface area contributed by atoms with E-state index in [1.165, 1.54) is 12.1 Å². The minimum atomic E-state index is -2.07. The van der Waals surface area contributed by atoms with Gasteiger partial charge in [0.1, 0.15) is 17.6 Å². The molecule has 62 heavy (non-hydrogen) atoms. The van der Waals surface area contributed by atoms with Crippen molar-refractivity contribution >= 4 is 41.4 Å². The van der Waals surface area contributed by atoms with E-state index in [1.54, 1.807) is 84.9 Å². The molecule has 16 nitrogen and oxygen atoms in total. The van der Waals surface area contributed by atoms with E-state index in [4.69, 9.17) is 29.3 Å². The van der Waals surface area contributed by atoms with Gasteiger partial charge in [0.25, 0.3) is 18.9 Å². The highest BCUT2D eigenvalue weighted by Gasteiger charge is 2.45. The second-order valence-corrected chi connectivity index (χ2v) is 14.8. The number of aromatic hydroxyl groups is 1. The topological polar surface area (TPSA) is 248 Å². The highest BCUT2D eigenvalue weighted by molar-refractivity contribution is 6.04. The molecular weight excluding hydrogens is 801 g/mol. The first kappa shape index (κ1) is 46.5. The van der Waals surface area contributed by atoms with Crippen molar-refractivity contribution < 1.29 is 54.2 Å². The lowest BCUT2D eigenvalue weighted by molar-refractivity contribution is -0.177. The van der Waals surface area contributed by atoms with E-state index >= 15 is 0 Å². The molecule has 8 N–H and O–H groups in total. The molecule has 5 aromatic rings. The van der Waals surface area contributed by atoms with E-state index in [-0.39, 0.29) is 42.2 Å². The molecule has 3 aliphatic heterocycles. The molecule has 0 radical (unpaired) electrons. The number of hydrogen-bond donors (Lipinski definition) is 8. The molecular formula is C46H52N4O12. The van der Waals surface area contributed by atoms with E-state index in [9.17, 15) is 29.7 Å². The van der Waals surface area contributed by atoms with Crippen LogP contribution in [0, 0.1) is 5.92 Å². The van der Waals surface area contributed by atoms with Gasteiger partial charge in [0.05, 0.1) is 18.2 Å². The number of fused-ring (bicyclic) bond motifs is 4. The fraction of sp³-hybridized carbons (Fsp3) is 0.326. The van der Waals surface area contributed by atoms with Crippen LogP contribution in [0.25, 0.3) is 10.9 Å². The minimum absolute atomic E-state index is 0.0431. The van der Waals surface area contributed by atoms with Crippen molar-refractivity contribution in [2.45, 2.75) is 49.9 Å². The van der Waals surface area contributed by atoms with Crippen LogP contribution in [-0.4, -0.2) is 106 Å². The molecule has 2 bridgehead atoms. The normalized spacial score (nSPS) is 17.7. The highest BCUT2D eigenvalue weighted by Crippen LogP contribution is 2.36. The van der Waals surface area contributed by atoms with Gasteiger partial charge in [-0.25, -0.2) is 4.79 Å². The van der Waals surface area contributed by atoms with Crippen LogP contribution in [0.3, 0.4) is 0 Å². The first-order valence-corrected chi connectivity index (χ1v) is 20.3. The van der Waals surface area contributed by atoms with E-state index in [2.05, 4.69) is 20.5 Å². The Bertz CT molecular complexity index is 2290. The van der Waals surface area contributed by atoms with Crippen molar-refractivity contribution in [3.8, 4) is 11.5 Å². The maximum Gasteiger partial charge on any atom is 0.348 e. The average Bonchev–Trinajstić information content (AvgIpc) is 3.28. The number of aromatic amines is 1. The Balaban J connectivity index is 0.00000114. The smallest absolute Gasteiger partial charge is 0.348 e. The van der Waals surface area contributed by atoms with Gasteiger partial charge in [-0.2, -0.15) is 0 Å². The van der Waals surface area contributed by atoms with Crippen molar-refractivity contribution in [2.24, 2.45) is 5.92 Å². The highest BCUT2D eigenvalue weighted by atomic mass is 16.6. The third-order valence-electron chi connectivity index (χ3n) is 10.9. The average molecular weight is 853 g/mol. The van der Waals surface area contributed by atoms with Gasteiger partial charge >= 0.3 is 5.97 Å². The summed E-state index contributed by atoms with van der Waals surface area (Å²) in [7, 11) is 0. The first-order valence-electron chi connectivity index (χ1n) is 20.3.